The van der Waals surface area contributed by atoms with E-state index in [1.165, 1.54) is 31.6 Å². The first-order valence-electron chi connectivity index (χ1n) is 9.59. The van der Waals surface area contributed by atoms with Crippen molar-refractivity contribution in [3.8, 4) is 0 Å². The summed E-state index contributed by atoms with van der Waals surface area (Å²) in [6.07, 6.45) is 6.74. The van der Waals surface area contributed by atoms with Gasteiger partial charge in [-0.05, 0) is 44.8 Å². The van der Waals surface area contributed by atoms with Crippen LogP contribution in [0, 0.1) is 0 Å². The van der Waals surface area contributed by atoms with E-state index in [1.54, 1.807) is 0 Å². The fraction of sp³-hybridized carbons (Fsp3) is 0.737. The van der Waals surface area contributed by atoms with Crippen LogP contribution in [-0.2, 0) is 18.3 Å². The topological polar surface area (TPSA) is 45.0 Å². The van der Waals surface area contributed by atoms with Crippen LogP contribution in [0.5, 0.6) is 0 Å². The highest BCUT2D eigenvalue weighted by Crippen LogP contribution is 2.30. The van der Waals surface area contributed by atoms with E-state index in [-0.39, 0.29) is 5.54 Å². The molecule has 0 amide bonds. The highest BCUT2D eigenvalue weighted by Gasteiger charge is 2.39. The molecule has 2 saturated heterocycles. The number of hydrogen-bond donors (Lipinski definition) is 1. The SMILES string of the molecule is CN=C(NCC1(N2CCCC2)CCOCC1)N(C)Cc1cc(Cl)cn1C. The predicted molar refractivity (Wildman–Crippen MR) is 107 cm³/mol. The molecule has 0 atom stereocenters. The zero-order valence-electron chi connectivity index (χ0n) is 16.3. The first-order valence-corrected chi connectivity index (χ1v) is 9.97. The third-order valence-electron chi connectivity index (χ3n) is 5.82. The third-order valence-corrected chi connectivity index (χ3v) is 6.03. The average molecular weight is 382 g/mol. The summed E-state index contributed by atoms with van der Waals surface area (Å²) in [5.41, 5.74) is 1.36. The summed E-state index contributed by atoms with van der Waals surface area (Å²) in [4.78, 5) is 9.33. The van der Waals surface area contributed by atoms with Crippen molar-refractivity contribution in [2.24, 2.45) is 12.0 Å². The minimum Gasteiger partial charge on any atom is -0.381 e. The van der Waals surface area contributed by atoms with Gasteiger partial charge in [0.05, 0.1) is 11.6 Å². The number of nitrogens with zero attached hydrogens (tertiary/aromatic N) is 4. The Morgan fingerprint density at radius 3 is 2.62 bits per heavy atom. The Kier molecular flexibility index (Phi) is 6.48. The number of aryl methyl sites for hydroxylation is 1. The maximum atomic E-state index is 6.11. The lowest BCUT2D eigenvalue weighted by molar-refractivity contribution is -0.0166. The first kappa shape index (κ1) is 19.5. The Hall–Kier alpha value is -1.24. The van der Waals surface area contributed by atoms with Gasteiger partial charge in [0.25, 0.3) is 0 Å². The zero-order chi connectivity index (χ0) is 18.6. The summed E-state index contributed by atoms with van der Waals surface area (Å²) in [5, 5.41) is 4.41. The van der Waals surface area contributed by atoms with E-state index in [9.17, 15) is 0 Å². The standard InChI is InChI=1S/C19H32ClN5O/c1-21-18(24(3)14-17-12-16(20)13-23(17)2)22-15-19(6-10-26-11-7-19)25-8-4-5-9-25/h12-13H,4-11,14-15H2,1-3H3,(H,21,22). The van der Waals surface area contributed by atoms with Crippen molar-refractivity contribution in [3.05, 3.63) is 23.0 Å². The molecule has 146 valence electrons. The lowest BCUT2D eigenvalue weighted by Gasteiger charge is -2.45. The van der Waals surface area contributed by atoms with Crippen LogP contribution in [0.25, 0.3) is 0 Å². The molecule has 1 aromatic heterocycles. The van der Waals surface area contributed by atoms with Gasteiger partial charge < -0.3 is 19.5 Å². The number of aromatic nitrogens is 1. The van der Waals surface area contributed by atoms with Gasteiger partial charge in [0, 0.05) is 58.3 Å². The summed E-state index contributed by atoms with van der Waals surface area (Å²) >= 11 is 6.11. The second-order valence-electron chi connectivity index (χ2n) is 7.55. The van der Waals surface area contributed by atoms with Gasteiger partial charge in [-0.1, -0.05) is 11.6 Å². The van der Waals surface area contributed by atoms with E-state index in [4.69, 9.17) is 16.3 Å². The minimum atomic E-state index is 0.194. The van der Waals surface area contributed by atoms with E-state index in [1.807, 2.05) is 26.4 Å². The largest absolute Gasteiger partial charge is 0.381 e. The van der Waals surface area contributed by atoms with Crippen molar-refractivity contribution in [1.82, 2.24) is 19.7 Å². The molecule has 3 heterocycles. The molecule has 0 aliphatic carbocycles. The molecule has 3 rings (SSSR count). The average Bonchev–Trinajstić information content (AvgIpc) is 3.27. The monoisotopic (exact) mass is 381 g/mol. The summed E-state index contributed by atoms with van der Waals surface area (Å²) in [5.74, 6) is 0.924. The molecular weight excluding hydrogens is 350 g/mol. The highest BCUT2D eigenvalue weighted by molar-refractivity contribution is 6.30. The third kappa shape index (κ3) is 4.35. The van der Waals surface area contributed by atoms with Crippen LogP contribution in [0.1, 0.15) is 31.4 Å². The van der Waals surface area contributed by atoms with E-state index in [0.717, 1.165) is 50.1 Å². The molecule has 0 spiro atoms. The van der Waals surface area contributed by atoms with Crippen LogP contribution in [-0.4, -0.2) is 72.8 Å². The van der Waals surface area contributed by atoms with Crippen molar-refractivity contribution in [2.75, 3.05) is 46.9 Å². The highest BCUT2D eigenvalue weighted by atomic mass is 35.5. The smallest absolute Gasteiger partial charge is 0.193 e. The van der Waals surface area contributed by atoms with Crippen LogP contribution in [0.4, 0.5) is 0 Å². The maximum absolute atomic E-state index is 6.11. The quantitative estimate of drug-likeness (QED) is 0.628. The van der Waals surface area contributed by atoms with Crippen LogP contribution < -0.4 is 5.32 Å². The van der Waals surface area contributed by atoms with Gasteiger partial charge in [-0.2, -0.15) is 0 Å². The number of likely N-dealkylation sites (tertiary alicyclic amines) is 1. The molecule has 2 aliphatic rings. The molecule has 26 heavy (non-hydrogen) atoms. The normalized spacial score (nSPS) is 21.2. The van der Waals surface area contributed by atoms with E-state index < -0.39 is 0 Å². The summed E-state index contributed by atoms with van der Waals surface area (Å²) in [6.45, 7) is 5.81. The van der Waals surface area contributed by atoms with Gasteiger partial charge in [-0.15, -0.1) is 0 Å². The molecule has 0 aromatic carbocycles. The second-order valence-corrected chi connectivity index (χ2v) is 7.98. The van der Waals surface area contributed by atoms with Crippen molar-refractivity contribution in [1.29, 1.82) is 0 Å². The van der Waals surface area contributed by atoms with Crippen LogP contribution in [0.2, 0.25) is 5.02 Å². The maximum Gasteiger partial charge on any atom is 0.193 e. The molecule has 0 radical (unpaired) electrons. The van der Waals surface area contributed by atoms with Gasteiger partial charge in [0.15, 0.2) is 5.96 Å². The molecular formula is C19H32ClN5O. The zero-order valence-corrected chi connectivity index (χ0v) is 17.1. The Balaban J connectivity index is 1.63. The predicted octanol–water partition coefficient (Wildman–Crippen LogP) is 2.33. The van der Waals surface area contributed by atoms with Gasteiger partial charge in [-0.3, -0.25) is 9.89 Å². The van der Waals surface area contributed by atoms with Crippen LogP contribution in [0.3, 0.4) is 0 Å². The molecule has 0 unspecified atom stereocenters. The Morgan fingerprint density at radius 2 is 2.04 bits per heavy atom. The van der Waals surface area contributed by atoms with E-state index in [2.05, 4.69) is 31.7 Å². The first-order chi connectivity index (χ1) is 12.5. The van der Waals surface area contributed by atoms with Crippen molar-refractivity contribution in [3.63, 3.8) is 0 Å². The van der Waals surface area contributed by atoms with Crippen molar-refractivity contribution >= 4 is 17.6 Å². The number of nitrogens with one attached hydrogen (secondary N) is 1. The molecule has 2 fully saturated rings. The molecule has 6 nitrogen and oxygen atoms in total. The Bertz CT molecular complexity index is 617. The van der Waals surface area contributed by atoms with E-state index >= 15 is 0 Å². The number of guanidine groups is 1. The second kappa shape index (κ2) is 8.63. The number of halogens is 1. The molecule has 1 N–H and O–H groups in total. The van der Waals surface area contributed by atoms with E-state index in [0.29, 0.717) is 0 Å². The Labute approximate surface area is 162 Å². The number of hydrogen-bond acceptors (Lipinski definition) is 3. The number of rotatable bonds is 5. The van der Waals surface area contributed by atoms with Gasteiger partial charge in [0.1, 0.15) is 0 Å². The molecule has 7 heteroatoms. The Morgan fingerprint density at radius 1 is 1.35 bits per heavy atom. The lowest BCUT2D eigenvalue weighted by atomic mass is 9.88. The van der Waals surface area contributed by atoms with Crippen LogP contribution >= 0.6 is 11.6 Å². The van der Waals surface area contributed by atoms with Gasteiger partial charge in [0.2, 0.25) is 0 Å². The molecule has 2 aliphatic heterocycles. The number of aliphatic imine (C=N–C) groups is 1. The van der Waals surface area contributed by atoms with Gasteiger partial charge in [-0.25, -0.2) is 0 Å². The summed E-state index contributed by atoms with van der Waals surface area (Å²) in [6, 6.07) is 2.01. The minimum absolute atomic E-state index is 0.194. The number of ether oxygens (including phenoxy) is 1. The summed E-state index contributed by atoms with van der Waals surface area (Å²) < 4.78 is 7.71. The fourth-order valence-electron chi connectivity index (χ4n) is 4.22. The fourth-order valence-corrected chi connectivity index (χ4v) is 4.49. The molecule has 0 bridgehead atoms. The lowest BCUT2D eigenvalue weighted by Crippen LogP contribution is -2.58. The molecule has 0 saturated carbocycles. The van der Waals surface area contributed by atoms with Crippen molar-refractivity contribution < 1.29 is 4.74 Å². The van der Waals surface area contributed by atoms with Crippen molar-refractivity contribution in [2.45, 2.75) is 37.8 Å². The molecule has 1 aromatic rings. The summed E-state index contributed by atoms with van der Waals surface area (Å²) in [7, 11) is 5.95. The van der Waals surface area contributed by atoms with Gasteiger partial charge >= 0.3 is 0 Å². The van der Waals surface area contributed by atoms with Crippen LogP contribution in [0.15, 0.2) is 17.3 Å².